The van der Waals surface area contributed by atoms with E-state index < -0.39 is 0 Å². The van der Waals surface area contributed by atoms with E-state index in [1.54, 1.807) is 6.07 Å². The molecule has 3 rings (SSSR count). The molecule has 0 saturated carbocycles. The molecule has 0 spiro atoms. The zero-order valence-electron chi connectivity index (χ0n) is 11.9. The van der Waals surface area contributed by atoms with Gasteiger partial charge >= 0.3 is 0 Å². The van der Waals surface area contributed by atoms with Crippen LogP contribution >= 0.6 is 0 Å². The summed E-state index contributed by atoms with van der Waals surface area (Å²) in [5, 5.41) is 0. The second kappa shape index (κ2) is 5.08. The molecular weight excluding hydrogens is 248 g/mol. The van der Waals surface area contributed by atoms with E-state index in [0.717, 1.165) is 30.8 Å². The van der Waals surface area contributed by atoms with E-state index in [9.17, 15) is 4.79 Å². The molecule has 2 aromatic rings. The Morgan fingerprint density at radius 3 is 2.85 bits per heavy atom. The Labute approximate surface area is 119 Å². The van der Waals surface area contributed by atoms with Crippen molar-refractivity contribution < 1.29 is 4.79 Å². The lowest BCUT2D eigenvalue weighted by Crippen LogP contribution is -2.36. The number of fused-ring (bicyclic) bond motifs is 1. The smallest absolute Gasteiger partial charge is 0.276 e. The lowest BCUT2D eigenvalue weighted by molar-refractivity contribution is 0.0980. The molecule has 3 nitrogen and oxygen atoms in total. The number of carbonyl (C=O) groups is 1. The molecule has 1 aromatic heterocycles. The van der Waals surface area contributed by atoms with Gasteiger partial charge in [0.05, 0.1) is 0 Å². The van der Waals surface area contributed by atoms with Gasteiger partial charge in [-0.05, 0) is 50.5 Å². The minimum absolute atomic E-state index is 0.00139. The highest BCUT2D eigenvalue weighted by Crippen LogP contribution is 2.29. The normalized spacial score (nSPS) is 14.0. The van der Waals surface area contributed by atoms with Crippen molar-refractivity contribution >= 4 is 11.6 Å². The number of rotatable bonds is 1. The number of aromatic nitrogens is 1. The molecule has 0 bridgehead atoms. The largest absolute Gasteiger partial charge is 0.307 e. The molecule has 1 aliphatic rings. The third kappa shape index (κ3) is 2.31. The lowest BCUT2D eigenvalue weighted by Gasteiger charge is -2.29. The molecule has 3 heteroatoms. The van der Waals surface area contributed by atoms with Crippen LogP contribution in [0.1, 0.15) is 33.7 Å². The van der Waals surface area contributed by atoms with E-state index in [1.165, 1.54) is 11.1 Å². The van der Waals surface area contributed by atoms with Crippen LogP contribution < -0.4 is 4.90 Å². The fourth-order valence-corrected chi connectivity index (χ4v) is 2.74. The molecule has 0 atom stereocenters. The van der Waals surface area contributed by atoms with Crippen LogP contribution in [-0.4, -0.2) is 17.4 Å². The summed E-state index contributed by atoms with van der Waals surface area (Å²) in [7, 11) is 0. The Morgan fingerprint density at radius 1 is 1.20 bits per heavy atom. The van der Waals surface area contributed by atoms with Gasteiger partial charge in [0.15, 0.2) is 0 Å². The van der Waals surface area contributed by atoms with E-state index in [4.69, 9.17) is 0 Å². The number of carbonyl (C=O) groups excluding carboxylic acids is 1. The number of pyridine rings is 1. The maximum absolute atomic E-state index is 12.7. The van der Waals surface area contributed by atoms with Crippen molar-refractivity contribution in [1.82, 2.24) is 4.98 Å². The van der Waals surface area contributed by atoms with Gasteiger partial charge in [0.1, 0.15) is 5.69 Å². The van der Waals surface area contributed by atoms with Gasteiger partial charge in [-0.25, -0.2) is 4.98 Å². The topological polar surface area (TPSA) is 33.2 Å². The van der Waals surface area contributed by atoms with E-state index in [-0.39, 0.29) is 5.91 Å². The van der Waals surface area contributed by atoms with Crippen LogP contribution in [0, 0.1) is 13.8 Å². The maximum atomic E-state index is 12.7. The SMILES string of the molecule is Cc1ccc2c(c1)CCCN2C(=O)c1cccc(C)n1. The summed E-state index contributed by atoms with van der Waals surface area (Å²) < 4.78 is 0. The Balaban J connectivity index is 1.98. The molecule has 0 aliphatic carbocycles. The van der Waals surface area contributed by atoms with E-state index in [0.29, 0.717) is 5.69 Å². The zero-order chi connectivity index (χ0) is 14.1. The van der Waals surface area contributed by atoms with Crippen molar-refractivity contribution in [2.24, 2.45) is 0 Å². The monoisotopic (exact) mass is 266 g/mol. The summed E-state index contributed by atoms with van der Waals surface area (Å²) >= 11 is 0. The third-order valence-corrected chi connectivity index (χ3v) is 3.71. The second-order valence-corrected chi connectivity index (χ2v) is 5.36. The standard InChI is InChI=1S/C17H18N2O/c1-12-8-9-16-14(11-12)6-4-10-19(16)17(20)15-7-3-5-13(2)18-15/h3,5,7-9,11H,4,6,10H2,1-2H3. The Bertz CT molecular complexity index is 664. The molecule has 0 radical (unpaired) electrons. The second-order valence-electron chi connectivity index (χ2n) is 5.36. The average molecular weight is 266 g/mol. The van der Waals surface area contributed by atoms with E-state index in [2.05, 4.69) is 30.1 Å². The summed E-state index contributed by atoms with van der Waals surface area (Å²) in [6.45, 7) is 4.76. The van der Waals surface area contributed by atoms with Gasteiger partial charge < -0.3 is 4.90 Å². The van der Waals surface area contributed by atoms with Gasteiger partial charge in [0, 0.05) is 17.9 Å². The predicted molar refractivity (Wildman–Crippen MR) is 80.2 cm³/mol. The van der Waals surface area contributed by atoms with E-state index in [1.807, 2.05) is 24.0 Å². The van der Waals surface area contributed by atoms with Crippen LogP contribution in [0.25, 0.3) is 0 Å². The minimum atomic E-state index is -0.00139. The molecule has 0 N–H and O–H groups in total. The number of anilines is 1. The number of nitrogens with zero attached hydrogens (tertiary/aromatic N) is 2. The van der Waals surface area contributed by atoms with Gasteiger partial charge in [0.25, 0.3) is 5.91 Å². The molecular formula is C17H18N2O. The minimum Gasteiger partial charge on any atom is -0.307 e. The predicted octanol–water partition coefficient (Wildman–Crippen LogP) is 3.29. The van der Waals surface area contributed by atoms with Gasteiger partial charge in [0.2, 0.25) is 0 Å². The highest BCUT2D eigenvalue weighted by Gasteiger charge is 2.24. The van der Waals surface area contributed by atoms with Crippen LogP contribution in [0.2, 0.25) is 0 Å². The van der Waals surface area contributed by atoms with Crippen molar-refractivity contribution in [2.75, 3.05) is 11.4 Å². The number of benzene rings is 1. The number of hydrogen-bond acceptors (Lipinski definition) is 2. The number of amides is 1. The van der Waals surface area contributed by atoms with Gasteiger partial charge in [-0.2, -0.15) is 0 Å². The number of aryl methyl sites for hydroxylation is 3. The molecule has 102 valence electrons. The lowest BCUT2D eigenvalue weighted by atomic mass is 9.99. The first-order valence-electron chi connectivity index (χ1n) is 7.00. The van der Waals surface area contributed by atoms with Gasteiger partial charge in [-0.15, -0.1) is 0 Å². The summed E-state index contributed by atoms with van der Waals surface area (Å²) in [6.07, 6.45) is 2.05. The summed E-state index contributed by atoms with van der Waals surface area (Å²) in [4.78, 5) is 18.9. The maximum Gasteiger partial charge on any atom is 0.276 e. The Kier molecular flexibility index (Phi) is 3.26. The fourth-order valence-electron chi connectivity index (χ4n) is 2.74. The van der Waals surface area contributed by atoms with E-state index >= 15 is 0 Å². The molecule has 2 heterocycles. The quantitative estimate of drug-likeness (QED) is 0.793. The molecule has 0 fully saturated rings. The first-order chi connectivity index (χ1) is 9.65. The summed E-state index contributed by atoms with van der Waals surface area (Å²) in [5.74, 6) is -0.00139. The van der Waals surface area contributed by atoms with Crippen molar-refractivity contribution in [3.63, 3.8) is 0 Å². The van der Waals surface area contributed by atoms with Crippen molar-refractivity contribution in [2.45, 2.75) is 26.7 Å². The van der Waals surface area contributed by atoms with Gasteiger partial charge in [-0.1, -0.05) is 23.8 Å². The zero-order valence-corrected chi connectivity index (χ0v) is 11.9. The van der Waals surface area contributed by atoms with Crippen LogP contribution in [0.5, 0.6) is 0 Å². The Morgan fingerprint density at radius 2 is 2.05 bits per heavy atom. The summed E-state index contributed by atoms with van der Waals surface area (Å²) in [5.41, 5.74) is 4.94. The number of hydrogen-bond donors (Lipinski definition) is 0. The van der Waals surface area contributed by atoms with Crippen molar-refractivity contribution in [3.05, 3.63) is 58.9 Å². The highest BCUT2D eigenvalue weighted by molar-refractivity contribution is 6.05. The molecule has 1 aliphatic heterocycles. The first kappa shape index (κ1) is 12.9. The van der Waals surface area contributed by atoms with Crippen LogP contribution in [0.15, 0.2) is 36.4 Å². The molecule has 1 aromatic carbocycles. The van der Waals surface area contributed by atoms with Crippen molar-refractivity contribution in [3.8, 4) is 0 Å². The van der Waals surface area contributed by atoms with Crippen LogP contribution in [0.4, 0.5) is 5.69 Å². The molecule has 20 heavy (non-hydrogen) atoms. The molecule has 1 amide bonds. The summed E-state index contributed by atoms with van der Waals surface area (Å²) in [6, 6.07) is 11.9. The van der Waals surface area contributed by atoms with Crippen LogP contribution in [0.3, 0.4) is 0 Å². The van der Waals surface area contributed by atoms with Crippen LogP contribution in [-0.2, 0) is 6.42 Å². The Hall–Kier alpha value is -2.16. The highest BCUT2D eigenvalue weighted by atomic mass is 16.2. The molecule has 0 unspecified atom stereocenters. The van der Waals surface area contributed by atoms with Crippen molar-refractivity contribution in [1.29, 1.82) is 0 Å². The van der Waals surface area contributed by atoms with Gasteiger partial charge in [-0.3, -0.25) is 4.79 Å². The average Bonchev–Trinajstić information content (AvgIpc) is 2.45. The molecule has 0 saturated heterocycles. The first-order valence-corrected chi connectivity index (χ1v) is 7.00. The third-order valence-electron chi connectivity index (χ3n) is 3.71. The fraction of sp³-hybridized carbons (Fsp3) is 0.294.